The molecule has 2 N–H and O–H groups in total. The van der Waals surface area contributed by atoms with Crippen molar-refractivity contribution >= 4 is 22.6 Å². The summed E-state index contributed by atoms with van der Waals surface area (Å²) in [5.74, 6) is 1.05. The summed E-state index contributed by atoms with van der Waals surface area (Å²) in [5, 5.41) is 14.7. The van der Waals surface area contributed by atoms with Gasteiger partial charge in [-0.25, -0.2) is 4.98 Å². The summed E-state index contributed by atoms with van der Waals surface area (Å²) < 4.78 is 7.29. The highest BCUT2D eigenvalue weighted by Gasteiger charge is 2.37. The van der Waals surface area contributed by atoms with E-state index >= 15 is 0 Å². The first-order chi connectivity index (χ1) is 15.0. The summed E-state index contributed by atoms with van der Waals surface area (Å²) in [4.78, 5) is 19.4. The molecule has 1 amide bonds. The number of benzene rings is 2. The molecular weight excluding hydrogens is 392 g/mol. The fourth-order valence-corrected chi connectivity index (χ4v) is 4.94. The molecule has 162 valence electrons. The lowest BCUT2D eigenvalue weighted by atomic mass is 9.91. The lowest BCUT2D eigenvalue weighted by Gasteiger charge is -2.39. The zero-order valence-electron chi connectivity index (χ0n) is 17.8. The van der Waals surface area contributed by atoms with Crippen molar-refractivity contribution in [1.29, 1.82) is 0 Å². The largest absolute Gasteiger partial charge is 0.497 e. The maximum Gasteiger partial charge on any atom is 0.223 e. The number of fused-ring (bicyclic) bond motifs is 2. The zero-order valence-corrected chi connectivity index (χ0v) is 17.8. The summed E-state index contributed by atoms with van der Waals surface area (Å²) in [6.45, 7) is 2.23. The summed E-state index contributed by atoms with van der Waals surface area (Å²) in [7, 11) is 1.65. The van der Waals surface area contributed by atoms with Crippen molar-refractivity contribution in [2.24, 2.45) is 0 Å². The van der Waals surface area contributed by atoms with Crippen LogP contribution in [0.15, 0.2) is 48.8 Å². The van der Waals surface area contributed by atoms with E-state index in [-0.39, 0.29) is 11.8 Å². The van der Waals surface area contributed by atoms with Gasteiger partial charge in [-0.2, -0.15) is 0 Å². The van der Waals surface area contributed by atoms with Crippen LogP contribution in [0.25, 0.3) is 11.0 Å². The summed E-state index contributed by atoms with van der Waals surface area (Å²) in [5.41, 5.74) is 3.17. The van der Waals surface area contributed by atoms with Crippen molar-refractivity contribution in [3.05, 3.63) is 54.4 Å². The topological polar surface area (TPSA) is 79.6 Å². The molecule has 3 aromatic rings. The maximum atomic E-state index is 13.1. The highest BCUT2D eigenvalue weighted by Crippen LogP contribution is 2.37. The summed E-state index contributed by atoms with van der Waals surface area (Å²) in [6.07, 6.45) is 3.69. The Hall–Kier alpha value is -3.06. The third-order valence-electron chi connectivity index (χ3n) is 6.56. The fraction of sp³-hybridized carbons (Fsp3) is 0.417. The van der Waals surface area contributed by atoms with Crippen LogP contribution in [0, 0.1) is 0 Å². The number of anilines is 1. The molecular formula is C24H28N4O3. The minimum atomic E-state index is -0.948. The standard InChI is InChI=1S/C24H28N4O3/c1-31-18-7-8-19-17(13-25-21(19)12-18)11-23(29)27-10-4-9-24(30,14-27)15-28-16-26-20-5-2-3-6-22(20)28/h2-3,5-8,12,16-17,25,30H,4,9-11,13-15H2,1H3/t17-,24-/m1/s1. The van der Waals surface area contributed by atoms with Gasteiger partial charge in [-0.05, 0) is 36.6 Å². The van der Waals surface area contributed by atoms with E-state index in [1.807, 2.05) is 51.9 Å². The molecule has 1 fully saturated rings. The SMILES string of the molecule is COc1ccc2c(c1)NC[C@H]2CC(=O)N1CCC[C@](O)(Cn2cnc3ccccc32)C1. The molecule has 0 aliphatic carbocycles. The minimum Gasteiger partial charge on any atom is -0.497 e. The second-order valence-electron chi connectivity index (χ2n) is 8.74. The highest BCUT2D eigenvalue weighted by atomic mass is 16.5. The number of methoxy groups -OCH3 is 1. The van der Waals surface area contributed by atoms with E-state index in [9.17, 15) is 9.90 Å². The van der Waals surface area contributed by atoms with E-state index in [0.29, 0.717) is 32.5 Å². The highest BCUT2D eigenvalue weighted by molar-refractivity contribution is 5.79. The van der Waals surface area contributed by atoms with Crippen LogP contribution in [0.5, 0.6) is 5.75 Å². The molecule has 0 radical (unpaired) electrons. The number of aliphatic hydroxyl groups is 1. The van der Waals surface area contributed by atoms with Crippen LogP contribution in [0.4, 0.5) is 5.69 Å². The van der Waals surface area contributed by atoms with Gasteiger partial charge in [0.15, 0.2) is 0 Å². The number of aromatic nitrogens is 2. The molecule has 0 unspecified atom stereocenters. The van der Waals surface area contributed by atoms with Crippen LogP contribution in [0.2, 0.25) is 0 Å². The summed E-state index contributed by atoms with van der Waals surface area (Å²) in [6, 6.07) is 13.9. The maximum absolute atomic E-state index is 13.1. The van der Waals surface area contributed by atoms with E-state index in [0.717, 1.165) is 41.0 Å². The Morgan fingerprint density at radius 2 is 2.19 bits per heavy atom. The number of amides is 1. The summed E-state index contributed by atoms with van der Waals surface area (Å²) >= 11 is 0. The molecule has 31 heavy (non-hydrogen) atoms. The van der Waals surface area contributed by atoms with Gasteiger partial charge in [0.25, 0.3) is 0 Å². The third kappa shape index (κ3) is 3.85. The quantitative estimate of drug-likeness (QED) is 0.663. The van der Waals surface area contributed by atoms with Crippen molar-refractivity contribution < 1.29 is 14.6 Å². The number of rotatable bonds is 5. The first-order valence-electron chi connectivity index (χ1n) is 10.9. The van der Waals surface area contributed by atoms with Gasteiger partial charge in [-0.15, -0.1) is 0 Å². The number of hydrogen-bond donors (Lipinski definition) is 2. The molecule has 7 nitrogen and oxygen atoms in total. The smallest absolute Gasteiger partial charge is 0.223 e. The lowest BCUT2D eigenvalue weighted by Crippen LogP contribution is -2.52. The Morgan fingerprint density at radius 1 is 1.32 bits per heavy atom. The predicted octanol–water partition coefficient (Wildman–Crippen LogP) is 3.00. The number of carbonyl (C=O) groups excluding carboxylic acids is 1. The Bertz CT molecular complexity index is 1110. The number of carbonyl (C=O) groups is 1. The van der Waals surface area contributed by atoms with E-state index in [2.05, 4.69) is 10.3 Å². The molecule has 2 aliphatic heterocycles. The average molecular weight is 421 g/mol. The van der Waals surface area contributed by atoms with E-state index in [1.54, 1.807) is 13.4 Å². The molecule has 1 saturated heterocycles. The van der Waals surface area contributed by atoms with Crippen LogP contribution in [-0.4, -0.2) is 57.8 Å². The van der Waals surface area contributed by atoms with Crippen LogP contribution in [-0.2, 0) is 11.3 Å². The van der Waals surface area contributed by atoms with E-state index in [1.165, 1.54) is 0 Å². The van der Waals surface area contributed by atoms with Crippen LogP contribution < -0.4 is 10.1 Å². The Morgan fingerprint density at radius 3 is 3.06 bits per heavy atom. The average Bonchev–Trinajstić information content (AvgIpc) is 3.37. The number of β-amino-alcohol motifs (C(OH)–C–C–N with tert-alkyl or cyclic N) is 1. The molecule has 3 heterocycles. The number of para-hydroxylation sites is 2. The van der Waals surface area contributed by atoms with E-state index in [4.69, 9.17) is 4.74 Å². The number of nitrogens with zero attached hydrogens (tertiary/aromatic N) is 3. The number of imidazole rings is 1. The van der Waals surface area contributed by atoms with Gasteiger partial charge >= 0.3 is 0 Å². The number of piperidine rings is 1. The van der Waals surface area contributed by atoms with Crippen molar-refractivity contribution in [1.82, 2.24) is 14.5 Å². The van der Waals surface area contributed by atoms with Gasteiger partial charge in [-0.3, -0.25) is 4.79 Å². The van der Waals surface area contributed by atoms with Gasteiger partial charge in [0, 0.05) is 37.2 Å². The molecule has 5 rings (SSSR count). The molecule has 0 spiro atoms. The lowest BCUT2D eigenvalue weighted by molar-refractivity contribution is -0.139. The third-order valence-corrected chi connectivity index (χ3v) is 6.56. The number of nitrogens with one attached hydrogen (secondary N) is 1. The molecule has 0 saturated carbocycles. The van der Waals surface area contributed by atoms with Crippen LogP contribution >= 0.6 is 0 Å². The first kappa shape index (κ1) is 19.9. The van der Waals surface area contributed by atoms with Gasteiger partial charge in [0.05, 0.1) is 37.6 Å². The minimum absolute atomic E-state index is 0.101. The van der Waals surface area contributed by atoms with Gasteiger partial charge < -0.3 is 24.6 Å². The van der Waals surface area contributed by atoms with Crippen molar-refractivity contribution in [3.63, 3.8) is 0 Å². The number of ether oxygens (including phenoxy) is 1. The molecule has 7 heteroatoms. The number of likely N-dealkylation sites (tertiary alicyclic amines) is 1. The van der Waals surface area contributed by atoms with Crippen LogP contribution in [0.1, 0.15) is 30.7 Å². The molecule has 2 atom stereocenters. The second kappa shape index (κ2) is 7.89. The van der Waals surface area contributed by atoms with E-state index < -0.39 is 5.60 Å². The first-order valence-corrected chi connectivity index (χ1v) is 10.9. The monoisotopic (exact) mass is 420 g/mol. The molecule has 1 aromatic heterocycles. The zero-order chi connectivity index (χ0) is 21.4. The normalized spacial score (nSPS) is 22.9. The van der Waals surface area contributed by atoms with Crippen molar-refractivity contribution in [2.75, 3.05) is 32.1 Å². The fourth-order valence-electron chi connectivity index (χ4n) is 4.94. The number of hydrogen-bond acceptors (Lipinski definition) is 5. The predicted molar refractivity (Wildman–Crippen MR) is 119 cm³/mol. The van der Waals surface area contributed by atoms with Crippen molar-refractivity contribution in [3.8, 4) is 5.75 Å². The molecule has 2 aliphatic rings. The molecule has 2 aromatic carbocycles. The Labute approximate surface area is 181 Å². The van der Waals surface area contributed by atoms with Gasteiger partial charge in [-0.1, -0.05) is 18.2 Å². The van der Waals surface area contributed by atoms with Gasteiger partial charge in [0.2, 0.25) is 5.91 Å². The van der Waals surface area contributed by atoms with Crippen LogP contribution in [0.3, 0.4) is 0 Å². The second-order valence-corrected chi connectivity index (χ2v) is 8.74. The Kier molecular flexibility index (Phi) is 5.06. The van der Waals surface area contributed by atoms with Crippen molar-refractivity contribution in [2.45, 2.75) is 37.3 Å². The Balaban J connectivity index is 1.27. The van der Waals surface area contributed by atoms with Gasteiger partial charge in [0.1, 0.15) is 11.4 Å². The molecule has 0 bridgehead atoms.